The molecule has 10 rings (SSSR count). The minimum Gasteiger partial charge on any atom is -0.456 e. The van der Waals surface area contributed by atoms with Gasteiger partial charge in [0.05, 0.1) is 0 Å². The summed E-state index contributed by atoms with van der Waals surface area (Å²) in [6.45, 7) is 0. The summed E-state index contributed by atoms with van der Waals surface area (Å²) < 4.78 is 12.8. The SMILES string of the molecule is c1ccc(C2=NC(c3ccc(-c4ccccc4)cc3)=NC(c3c(-c4cccc5oc6ccccc6c45)ccc4oc5ccccc5c34)N2)cc1. The highest BCUT2D eigenvalue weighted by Gasteiger charge is 2.28. The lowest BCUT2D eigenvalue weighted by Crippen LogP contribution is -2.34. The summed E-state index contributed by atoms with van der Waals surface area (Å²) >= 11 is 0. The lowest BCUT2D eigenvalue weighted by Gasteiger charge is -2.26. The Morgan fingerprint density at radius 1 is 0.420 bits per heavy atom. The first-order valence-corrected chi connectivity index (χ1v) is 16.8. The smallest absolute Gasteiger partial charge is 0.159 e. The zero-order valence-corrected chi connectivity index (χ0v) is 26.9. The van der Waals surface area contributed by atoms with Gasteiger partial charge >= 0.3 is 0 Å². The summed E-state index contributed by atoms with van der Waals surface area (Å²) in [6, 6.07) is 56.2. The monoisotopic (exact) mass is 643 g/mol. The first kappa shape index (κ1) is 28.3. The topological polar surface area (TPSA) is 63.0 Å². The predicted molar refractivity (Wildman–Crippen MR) is 204 cm³/mol. The fraction of sp³-hybridized carbons (Fsp3) is 0.0222. The van der Waals surface area contributed by atoms with Crippen LogP contribution >= 0.6 is 0 Å². The average molecular weight is 644 g/mol. The van der Waals surface area contributed by atoms with Crippen LogP contribution in [-0.2, 0) is 0 Å². The lowest BCUT2D eigenvalue weighted by atomic mass is 9.90. The molecule has 5 heteroatoms. The zero-order chi connectivity index (χ0) is 33.0. The van der Waals surface area contributed by atoms with Gasteiger partial charge in [0, 0.05) is 38.2 Å². The third-order valence-corrected chi connectivity index (χ3v) is 9.59. The first-order chi connectivity index (χ1) is 24.8. The molecule has 50 heavy (non-hydrogen) atoms. The fourth-order valence-electron chi connectivity index (χ4n) is 7.27. The maximum absolute atomic E-state index is 6.47. The van der Waals surface area contributed by atoms with Crippen LogP contribution in [-0.4, -0.2) is 11.7 Å². The van der Waals surface area contributed by atoms with Crippen molar-refractivity contribution in [1.82, 2.24) is 5.32 Å². The highest BCUT2D eigenvalue weighted by Crippen LogP contribution is 2.44. The lowest BCUT2D eigenvalue weighted by molar-refractivity contribution is 0.663. The van der Waals surface area contributed by atoms with Crippen LogP contribution in [0.25, 0.3) is 66.1 Å². The molecule has 0 amide bonds. The molecule has 1 N–H and O–H groups in total. The van der Waals surface area contributed by atoms with Crippen molar-refractivity contribution in [2.75, 3.05) is 0 Å². The van der Waals surface area contributed by atoms with Crippen molar-refractivity contribution in [2.45, 2.75) is 6.17 Å². The number of aliphatic imine (C=N–C) groups is 2. The van der Waals surface area contributed by atoms with Crippen LogP contribution in [0, 0.1) is 0 Å². The van der Waals surface area contributed by atoms with Gasteiger partial charge in [-0.3, -0.25) is 0 Å². The minimum absolute atomic E-state index is 0.486. The van der Waals surface area contributed by atoms with Gasteiger partial charge in [0.1, 0.15) is 34.3 Å². The molecule has 0 spiro atoms. The van der Waals surface area contributed by atoms with Crippen molar-refractivity contribution in [3.8, 4) is 22.3 Å². The molecule has 9 aromatic rings. The number of fused-ring (bicyclic) bond motifs is 6. The average Bonchev–Trinajstić information content (AvgIpc) is 3.77. The summed E-state index contributed by atoms with van der Waals surface area (Å²) in [5.41, 5.74) is 10.7. The van der Waals surface area contributed by atoms with E-state index in [0.717, 1.165) is 83.1 Å². The molecule has 236 valence electrons. The van der Waals surface area contributed by atoms with E-state index in [4.69, 9.17) is 18.8 Å². The summed E-state index contributed by atoms with van der Waals surface area (Å²) in [6.07, 6.45) is -0.486. The molecule has 0 aliphatic carbocycles. The highest BCUT2D eigenvalue weighted by atomic mass is 16.3. The van der Waals surface area contributed by atoms with E-state index in [1.807, 2.05) is 54.6 Å². The Balaban J connectivity index is 1.23. The number of hydrogen-bond acceptors (Lipinski definition) is 5. The number of amidine groups is 2. The zero-order valence-electron chi connectivity index (χ0n) is 26.9. The van der Waals surface area contributed by atoms with E-state index in [-0.39, 0.29) is 0 Å². The first-order valence-electron chi connectivity index (χ1n) is 16.8. The van der Waals surface area contributed by atoms with E-state index in [2.05, 4.69) is 115 Å². The van der Waals surface area contributed by atoms with Crippen molar-refractivity contribution < 1.29 is 8.83 Å². The maximum atomic E-state index is 6.47. The van der Waals surface area contributed by atoms with Crippen LogP contribution in [0.2, 0.25) is 0 Å². The molecule has 1 aliphatic rings. The summed E-state index contributed by atoms with van der Waals surface area (Å²) in [5.74, 6) is 1.42. The Morgan fingerprint density at radius 3 is 1.70 bits per heavy atom. The molecule has 0 fully saturated rings. The van der Waals surface area contributed by atoms with Crippen LogP contribution in [0.15, 0.2) is 183 Å². The van der Waals surface area contributed by atoms with Gasteiger partial charge < -0.3 is 14.2 Å². The summed E-state index contributed by atoms with van der Waals surface area (Å²) in [5, 5.41) is 7.97. The van der Waals surface area contributed by atoms with E-state index in [9.17, 15) is 0 Å². The summed E-state index contributed by atoms with van der Waals surface area (Å²) in [7, 11) is 0. The van der Waals surface area contributed by atoms with Crippen molar-refractivity contribution in [3.63, 3.8) is 0 Å². The van der Waals surface area contributed by atoms with Crippen LogP contribution < -0.4 is 5.32 Å². The molecule has 7 aromatic carbocycles. The largest absolute Gasteiger partial charge is 0.456 e. The van der Waals surface area contributed by atoms with Gasteiger partial charge in [-0.15, -0.1) is 0 Å². The van der Waals surface area contributed by atoms with Gasteiger partial charge in [-0.1, -0.05) is 140 Å². The number of nitrogens with zero attached hydrogens (tertiary/aromatic N) is 2. The van der Waals surface area contributed by atoms with Crippen molar-refractivity contribution >= 4 is 55.5 Å². The Labute approximate surface area is 287 Å². The van der Waals surface area contributed by atoms with E-state index in [1.54, 1.807) is 0 Å². The molecule has 1 atom stereocenters. The normalized spacial score (nSPS) is 14.6. The van der Waals surface area contributed by atoms with Crippen LogP contribution in [0.3, 0.4) is 0 Å². The van der Waals surface area contributed by atoms with Gasteiger partial charge in [0.15, 0.2) is 5.84 Å². The van der Waals surface area contributed by atoms with E-state index in [0.29, 0.717) is 5.84 Å². The number of nitrogens with one attached hydrogen (secondary N) is 1. The van der Waals surface area contributed by atoms with E-state index < -0.39 is 6.17 Å². The molecular weight excluding hydrogens is 615 g/mol. The fourth-order valence-corrected chi connectivity index (χ4v) is 7.27. The number of rotatable bonds is 5. The van der Waals surface area contributed by atoms with E-state index >= 15 is 0 Å². The molecule has 1 unspecified atom stereocenters. The van der Waals surface area contributed by atoms with Gasteiger partial charge in [-0.25, -0.2) is 9.98 Å². The third kappa shape index (κ3) is 4.63. The molecule has 0 bridgehead atoms. The second kappa shape index (κ2) is 11.5. The number of furan rings is 2. The predicted octanol–water partition coefficient (Wildman–Crippen LogP) is 11.3. The van der Waals surface area contributed by atoms with Crippen LogP contribution in [0.5, 0.6) is 0 Å². The Hall–Kier alpha value is -6.72. The van der Waals surface area contributed by atoms with Gasteiger partial charge in [-0.05, 0) is 46.5 Å². The van der Waals surface area contributed by atoms with Gasteiger partial charge in [-0.2, -0.15) is 0 Å². The molecule has 0 saturated heterocycles. The second-order valence-corrected chi connectivity index (χ2v) is 12.5. The Bertz CT molecular complexity index is 2770. The van der Waals surface area contributed by atoms with E-state index in [1.165, 1.54) is 5.56 Å². The second-order valence-electron chi connectivity index (χ2n) is 12.5. The molecule has 0 saturated carbocycles. The third-order valence-electron chi connectivity index (χ3n) is 9.59. The molecule has 1 aliphatic heterocycles. The standard InChI is InChI=1S/C45H29N3O2/c1-3-12-28(13-4-1)29-22-24-31(25-23-29)44-46-43(30-14-5-2-6-15-30)47-45(48-44)42-33(26-27-39-41(42)35-17-8-10-20-37(35)50-39)32-18-11-21-38-40(32)34-16-7-9-19-36(34)49-38/h1-27,45H,(H,46,47,48). The highest BCUT2D eigenvalue weighted by molar-refractivity contribution is 6.17. The minimum atomic E-state index is -0.486. The number of hydrogen-bond donors (Lipinski definition) is 1. The van der Waals surface area contributed by atoms with Crippen LogP contribution in [0.1, 0.15) is 22.9 Å². The van der Waals surface area contributed by atoms with Gasteiger partial charge in [0.2, 0.25) is 0 Å². The quantitative estimate of drug-likeness (QED) is 0.203. The summed E-state index contributed by atoms with van der Waals surface area (Å²) in [4.78, 5) is 10.5. The van der Waals surface area contributed by atoms with Crippen LogP contribution in [0.4, 0.5) is 0 Å². The molecule has 0 radical (unpaired) electrons. The Kier molecular flexibility index (Phi) is 6.49. The van der Waals surface area contributed by atoms with Gasteiger partial charge in [0.25, 0.3) is 0 Å². The molecule has 3 heterocycles. The van der Waals surface area contributed by atoms with Crippen molar-refractivity contribution in [2.24, 2.45) is 9.98 Å². The number of para-hydroxylation sites is 2. The Morgan fingerprint density at radius 2 is 0.980 bits per heavy atom. The van der Waals surface area contributed by atoms with Crippen molar-refractivity contribution in [3.05, 3.63) is 180 Å². The maximum Gasteiger partial charge on any atom is 0.159 e. The molecular formula is C45H29N3O2. The number of benzene rings is 7. The molecule has 2 aromatic heterocycles. The molecule has 5 nitrogen and oxygen atoms in total. The van der Waals surface area contributed by atoms with Crippen molar-refractivity contribution in [1.29, 1.82) is 0 Å².